The third-order valence-electron chi connectivity index (χ3n) is 3.97. The summed E-state index contributed by atoms with van der Waals surface area (Å²) in [4.78, 5) is 24.4. The second-order valence-corrected chi connectivity index (χ2v) is 5.72. The van der Waals surface area contributed by atoms with E-state index in [4.69, 9.17) is 5.26 Å². The first kappa shape index (κ1) is 17.9. The Morgan fingerprint density at radius 2 is 2.04 bits per heavy atom. The molecule has 7 heteroatoms. The van der Waals surface area contributed by atoms with Gasteiger partial charge in [0.25, 0.3) is 5.69 Å². The highest BCUT2D eigenvalue weighted by atomic mass is 16.6. The number of benzene rings is 2. The number of likely N-dealkylation sites (N-methyl/N-ethyl adjacent to an activating group) is 1. The van der Waals surface area contributed by atoms with Gasteiger partial charge in [-0.05, 0) is 43.2 Å². The van der Waals surface area contributed by atoms with Crippen LogP contribution in [0.15, 0.2) is 36.4 Å². The van der Waals surface area contributed by atoms with Crippen LogP contribution in [0, 0.1) is 35.3 Å². The summed E-state index contributed by atoms with van der Waals surface area (Å²) in [6.45, 7) is 3.78. The van der Waals surface area contributed by atoms with Crippen LogP contribution in [0.2, 0.25) is 0 Å². The normalized spacial score (nSPS) is 10.0. The Labute approximate surface area is 145 Å². The van der Waals surface area contributed by atoms with Crippen LogP contribution in [0.5, 0.6) is 0 Å². The smallest absolute Gasteiger partial charge is 0.292 e. The van der Waals surface area contributed by atoms with E-state index in [0.29, 0.717) is 11.3 Å². The molecule has 0 atom stereocenters. The van der Waals surface area contributed by atoms with Crippen molar-refractivity contribution in [1.82, 2.24) is 0 Å². The molecule has 2 rings (SSSR count). The van der Waals surface area contributed by atoms with Crippen LogP contribution in [0.4, 0.5) is 17.1 Å². The zero-order valence-corrected chi connectivity index (χ0v) is 14.2. The quantitative estimate of drug-likeness (QED) is 0.667. The molecule has 0 unspecified atom stereocenters. The maximum atomic E-state index is 12.3. The summed E-state index contributed by atoms with van der Waals surface area (Å²) in [6, 6.07) is 11.6. The number of aryl methyl sites for hydroxylation is 1. The molecule has 128 valence electrons. The molecular weight excluding hydrogens is 320 g/mol. The standard InChI is InChI=1S/C18H18N4O3/c1-12-5-4-6-15(13(12)2)20-18(23)11-21(3)17-9-14(10-19)7-8-16(17)22(24)25/h4-9H,11H2,1-3H3,(H,20,23). The Morgan fingerprint density at radius 1 is 1.32 bits per heavy atom. The fourth-order valence-electron chi connectivity index (χ4n) is 2.43. The van der Waals surface area contributed by atoms with Gasteiger partial charge in [0.05, 0.1) is 23.1 Å². The van der Waals surface area contributed by atoms with Gasteiger partial charge in [0, 0.05) is 18.8 Å². The van der Waals surface area contributed by atoms with Crippen molar-refractivity contribution in [3.63, 3.8) is 0 Å². The lowest BCUT2D eigenvalue weighted by atomic mass is 10.1. The van der Waals surface area contributed by atoms with Crippen LogP contribution in [-0.4, -0.2) is 24.4 Å². The summed E-state index contributed by atoms with van der Waals surface area (Å²) >= 11 is 0. The van der Waals surface area contributed by atoms with E-state index in [-0.39, 0.29) is 23.8 Å². The third kappa shape index (κ3) is 4.12. The lowest BCUT2D eigenvalue weighted by molar-refractivity contribution is -0.384. The van der Waals surface area contributed by atoms with Crippen molar-refractivity contribution in [2.24, 2.45) is 0 Å². The fraction of sp³-hybridized carbons (Fsp3) is 0.222. The van der Waals surface area contributed by atoms with Gasteiger partial charge in [0.15, 0.2) is 0 Å². The van der Waals surface area contributed by atoms with Crippen LogP contribution < -0.4 is 10.2 Å². The number of hydrogen-bond donors (Lipinski definition) is 1. The van der Waals surface area contributed by atoms with Crippen molar-refractivity contribution < 1.29 is 9.72 Å². The van der Waals surface area contributed by atoms with Gasteiger partial charge in [0.1, 0.15) is 5.69 Å². The Kier molecular flexibility index (Phi) is 5.35. The first-order chi connectivity index (χ1) is 11.8. The molecule has 0 aromatic heterocycles. The van der Waals surface area contributed by atoms with Crippen LogP contribution in [0.1, 0.15) is 16.7 Å². The van der Waals surface area contributed by atoms with E-state index < -0.39 is 4.92 Å². The van der Waals surface area contributed by atoms with E-state index in [2.05, 4.69) is 5.32 Å². The van der Waals surface area contributed by atoms with Gasteiger partial charge in [0.2, 0.25) is 5.91 Å². The van der Waals surface area contributed by atoms with Crippen molar-refractivity contribution >= 4 is 23.0 Å². The van der Waals surface area contributed by atoms with E-state index in [0.717, 1.165) is 11.1 Å². The molecule has 0 bridgehead atoms. The van der Waals surface area contributed by atoms with Crippen molar-refractivity contribution in [3.05, 3.63) is 63.2 Å². The van der Waals surface area contributed by atoms with Crippen molar-refractivity contribution in [2.45, 2.75) is 13.8 Å². The van der Waals surface area contributed by atoms with Gasteiger partial charge in [-0.15, -0.1) is 0 Å². The molecule has 0 aliphatic carbocycles. The summed E-state index contributed by atoms with van der Waals surface area (Å²) < 4.78 is 0. The summed E-state index contributed by atoms with van der Waals surface area (Å²) in [5, 5.41) is 23.0. The molecule has 0 saturated heterocycles. The van der Waals surface area contributed by atoms with Gasteiger partial charge in [-0.1, -0.05) is 12.1 Å². The Hall–Kier alpha value is -3.40. The largest absolute Gasteiger partial charge is 0.360 e. The molecule has 0 aliphatic rings. The minimum atomic E-state index is -0.532. The predicted octanol–water partition coefficient (Wildman–Crippen LogP) is 3.16. The van der Waals surface area contributed by atoms with Gasteiger partial charge in [-0.25, -0.2) is 0 Å². The maximum Gasteiger partial charge on any atom is 0.292 e. The second-order valence-electron chi connectivity index (χ2n) is 5.72. The Balaban J connectivity index is 2.20. The molecular formula is C18H18N4O3. The number of nitrogens with one attached hydrogen (secondary N) is 1. The lowest BCUT2D eigenvalue weighted by Gasteiger charge is -2.19. The van der Waals surface area contributed by atoms with Crippen molar-refractivity contribution in [3.8, 4) is 6.07 Å². The van der Waals surface area contributed by atoms with Crippen molar-refractivity contribution in [2.75, 3.05) is 23.8 Å². The van der Waals surface area contributed by atoms with E-state index in [1.165, 1.54) is 23.1 Å². The molecule has 0 fully saturated rings. The fourth-order valence-corrected chi connectivity index (χ4v) is 2.43. The zero-order chi connectivity index (χ0) is 18.6. The number of amides is 1. The SMILES string of the molecule is Cc1cccc(NC(=O)CN(C)c2cc(C#N)ccc2[N+](=O)[O-])c1C. The van der Waals surface area contributed by atoms with Crippen LogP contribution >= 0.6 is 0 Å². The molecule has 0 radical (unpaired) electrons. The van der Waals surface area contributed by atoms with Gasteiger partial charge in [-0.3, -0.25) is 14.9 Å². The van der Waals surface area contributed by atoms with E-state index >= 15 is 0 Å². The molecule has 0 heterocycles. The van der Waals surface area contributed by atoms with Gasteiger partial charge >= 0.3 is 0 Å². The number of nitro benzene ring substituents is 1. The number of nitriles is 1. The molecule has 1 N–H and O–H groups in total. The average Bonchev–Trinajstić information content (AvgIpc) is 2.58. The highest BCUT2D eigenvalue weighted by Gasteiger charge is 2.19. The van der Waals surface area contributed by atoms with Gasteiger partial charge < -0.3 is 10.2 Å². The number of anilines is 2. The summed E-state index contributed by atoms with van der Waals surface area (Å²) in [5.41, 5.74) is 3.10. The van der Waals surface area contributed by atoms with Gasteiger partial charge in [-0.2, -0.15) is 5.26 Å². The molecule has 2 aromatic carbocycles. The Morgan fingerprint density at radius 3 is 2.68 bits per heavy atom. The number of nitrogens with zero attached hydrogens (tertiary/aromatic N) is 3. The highest BCUT2D eigenvalue weighted by molar-refractivity contribution is 5.95. The van der Waals surface area contributed by atoms with E-state index in [1.807, 2.05) is 32.0 Å². The summed E-state index contributed by atoms with van der Waals surface area (Å²) in [7, 11) is 1.58. The highest BCUT2D eigenvalue weighted by Crippen LogP contribution is 2.28. The molecule has 7 nitrogen and oxygen atoms in total. The minimum Gasteiger partial charge on any atom is -0.360 e. The van der Waals surface area contributed by atoms with E-state index in [1.54, 1.807) is 13.1 Å². The Bertz CT molecular complexity index is 871. The number of carbonyl (C=O) groups is 1. The van der Waals surface area contributed by atoms with Crippen molar-refractivity contribution in [1.29, 1.82) is 5.26 Å². The molecule has 0 aliphatic heterocycles. The predicted molar refractivity (Wildman–Crippen MR) is 95.6 cm³/mol. The maximum absolute atomic E-state index is 12.3. The van der Waals surface area contributed by atoms with E-state index in [9.17, 15) is 14.9 Å². The number of rotatable bonds is 5. The zero-order valence-electron chi connectivity index (χ0n) is 14.2. The topological polar surface area (TPSA) is 99.3 Å². The lowest BCUT2D eigenvalue weighted by Crippen LogP contribution is -2.30. The first-order valence-electron chi connectivity index (χ1n) is 7.59. The molecule has 25 heavy (non-hydrogen) atoms. The average molecular weight is 338 g/mol. The summed E-state index contributed by atoms with van der Waals surface area (Å²) in [6.07, 6.45) is 0. The second kappa shape index (κ2) is 7.45. The van der Waals surface area contributed by atoms with Crippen LogP contribution in [-0.2, 0) is 4.79 Å². The molecule has 0 spiro atoms. The van der Waals surface area contributed by atoms with Crippen LogP contribution in [0.25, 0.3) is 0 Å². The third-order valence-corrected chi connectivity index (χ3v) is 3.97. The number of carbonyl (C=O) groups excluding carboxylic acids is 1. The monoisotopic (exact) mass is 338 g/mol. The molecule has 1 amide bonds. The number of nitro groups is 1. The molecule has 2 aromatic rings. The number of hydrogen-bond acceptors (Lipinski definition) is 5. The summed E-state index contributed by atoms with van der Waals surface area (Å²) in [5.74, 6) is -0.298. The molecule has 0 saturated carbocycles. The van der Waals surface area contributed by atoms with Crippen LogP contribution in [0.3, 0.4) is 0 Å². The minimum absolute atomic E-state index is 0.0803. The first-order valence-corrected chi connectivity index (χ1v) is 7.59.